The lowest BCUT2D eigenvalue weighted by Crippen LogP contribution is -2.13. The van der Waals surface area contributed by atoms with E-state index in [9.17, 15) is 4.39 Å². The van der Waals surface area contributed by atoms with E-state index in [1.807, 2.05) is 18.2 Å². The molecule has 0 saturated heterocycles. The monoisotopic (exact) mass is 274 g/mol. The van der Waals surface area contributed by atoms with Gasteiger partial charge in [-0.2, -0.15) is 0 Å². The Morgan fingerprint density at radius 2 is 2.00 bits per heavy atom. The fraction of sp³-hybridized carbons (Fsp3) is 0.133. The quantitative estimate of drug-likeness (QED) is 0.839. The van der Waals surface area contributed by atoms with Gasteiger partial charge in [0.1, 0.15) is 10.8 Å². The Kier molecular flexibility index (Phi) is 4.12. The Labute approximate surface area is 117 Å². The van der Waals surface area contributed by atoms with Gasteiger partial charge in [-0.15, -0.1) is 0 Å². The van der Waals surface area contributed by atoms with Gasteiger partial charge in [0.25, 0.3) is 0 Å². The molecule has 0 saturated carbocycles. The molecule has 0 heterocycles. The smallest absolute Gasteiger partial charge is 0.124 e. The van der Waals surface area contributed by atoms with Crippen LogP contribution in [0.15, 0.2) is 42.5 Å². The van der Waals surface area contributed by atoms with E-state index < -0.39 is 0 Å². The highest BCUT2D eigenvalue weighted by molar-refractivity contribution is 7.80. The fourth-order valence-electron chi connectivity index (χ4n) is 1.87. The molecule has 0 unspecified atom stereocenters. The molecular weight excluding hydrogens is 259 g/mol. The van der Waals surface area contributed by atoms with Crippen molar-refractivity contribution < 1.29 is 4.39 Å². The average Bonchev–Trinajstić information content (AvgIpc) is 2.38. The fourth-order valence-corrected chi connectivity index (χ4v) is 2.04. The first-order chi connectivity index (χ1) is 9.08. The first-order valence-electron chi connectivity index (χ1n) is 5.95. The molecule has 19 heavy (non-hydrogen) atoms. The number of hydrogen-bond acceptors (Lipinski definition) is 2. The molecule has 2 aromatic rings. The third kappa shape index (κ3) is 3.29. The van der Waals surface area contributed by atoms with E-state index in [0.717, 1.165) is 5.69 Å². The number of hydrogen-bond donors (Lipinski definition) is 2. The van der Waals surface area contributed by atoms with Crippen LogP contribution < -0.4 is 11.1 Å². The van der Waals surface area contributed by atoms with Gasteiger partial charge in [0.05, 0.1) is 0 Å². The first-order valence-corrected chi connectivity index (χ1v) is 6.36. The van der Waals surface area contributed by atoms with Crippen molar-refractivity contribution in [1.82, 2.24) is 0 Å². The summed E-state index contributed by atoms with van der Waals surface area (Å²) in [5, 5.41) is 3.24. The van der Waals surface area contributed by atoms with E-state index in [1.54, 1.807) is 6.07 Å². The number of nitrogens with two attached hydrogens (primary N) is 1. The molecule has 2 rings (SSSR count). The molecule has 0 aliphatic carbocycles. The largest absolute Gasteiger partial charge is 0.389 e. The standard InChI is InChI=1S/C15H15FN2S/c1-10-4-2-3-5-11(10)9-18-14-7-6-12(16)8-13(14)15(17)19/h2-8,18H,9H2,1H3,(H2,17,19). The normalized spacial score (nSPS) is 10.2. The molecule has 4 heteroatoms. The lowest BCUT2D eigenvalue weighted by molar-refractivity contribution is 0.627. The summed E-state index contributed by atoms with van der Waals surface area (Å²) in [6, 6.07) is 12.5. The van der Waals surface area contributed by atoms with E-state index in [-0.39, 0.29) is 10.8 Å². The van der Waals surface area contributed by atoms with Gasteiger partial charge in [-0.25, -0.2) is 4.39 Å². The second kappa shape index (κ2) is 5.80. The molecule has 98 valence electrons. The van der Waals surface area contributed by atoms with Crippen LogP contribution >= 0.6 is 12.2 Å². The minimum atomic E-state index is -0.343. The zero-order chi connectivity index (χ0) is 13.8. The number of benzene rings is 2. The summed E-state index contributed by atoms with van der Waals surface area (Å²) in [7, 11) is 0. The molecule has 2 aromatic carbocycles. The van der Waals surface area contributed by atoms with Gasteiger partial charge < -0.3 is 11.1 Å². The Bertz CT molecular complexity index is 611. The van der Waals surface area contributed by atoms with Crippen LogP contribution in [-0.4, -0.2) is 4.99 Å². The van der Waals surface area contributed by atoms with E-state index in [2.05, 4.69) is 18.3 Å². The summed E-state index contributed by atoms with van der Waals surface area (Å²) in [6.07, 6.45) is 0. The number of thiocarbonyl (C=S) groups is 1. The number of nitrogens with one attached hydrogen (secondary N) is 1. The van der Waals surface area contributed by atoms with Crippen molar-refractivity contribution >= 4 is 22.9 Å². The van der Waals surface area contributed by atoms with Crippen molar-refractivity contribution in [2.45, 2.75) is 13.5 Å². The first kappa shape index (κ1) is 13.5. The highest BCUT2D eigenvalue weighted by atomic mass is 32.1. The molecule has 2 nitrogen and oxygen atoms in total. The summed E-state index contributed by atoms with van der Waals surface area (Å²) in [4.78, 5) is 0.187. The van der Waals surface area contributed by atoms with Crippen molar-refractivity contribution in [3.05, 3.63) is 65.0 Å². The van der Waals surface area contributed by atoms with Gasteiger partial charge >= 0.3 is 0 Å². The van der Waals surface area contributed by atoms with E-state index >= 15 is 0 Å². The SMILES string of the molecule is Cc1ccccc1CNc1ccc(F)cc1C(N)=S. The average molecular weight is 274 g/mol. The maximum Gasteiger partial charge on any atom is 0.124 e. The van der Waals surface area contributed by atoms with Crippen LogP contribution in [0.2, 0.25) is 0 Å². The lowest BCUT2D eigenvalue weighted by atomic mass is 10.1. The van der Waals surface area contributed by atoms with Crippen LogP contribution in [0.5, 0.6) is 0 Å². The van der Waals surface area contributed by atoms with Crippen LogP contribution in [0.4, 0.5) is 10.1 Å². The molecule has 0 atom stereocenters. The van der Waals surface area contributed by atoms with Gasteiger partial charge in [0.2, 0.25) is 0 Å². The molecule has 0 radical (unpaired) electrons. The van der Waals surface area contributed by atoms with Crippen LogP contribution in [0, 0.1) is 12.7 Å². The van der Waals surface area contributed by atoms with Crippen LogP contribution in [0.25, 0.3) is 0 Å². The predicted octanol–water partition coefficient (Wildman–Crippen LogP) is 3.38. The molecule has 0 bridgehead atoms. The summed E-state index contributed by atoms with van der Waals surface area (Å²) in [5.41, 5.74) is 9.27. The minimum absolute atomic E-state index is 0.187. The predicted molar refractivity (Wildman–Crippen MR) is 80.8 cm³/mol. The second-order valence-corrected chi connectivity index (χ2v) is 4.77. The third-order valence-corrected chi connectivity index (χ3v) is 3.20. The molecule has 0 amide bonds. The van der Waals surface area contributed by atoms with E-state index in [4.69, 9.17) is 18.0 Å². The van der Waals surface area contributed by atoms with Gasteiger partial charge in [-0.05, 0) is 36.2 Å². The van der Waals surface area contributed by atoms with Crippen molar-refractivity contribution in [2.24, 2.45) is 5.73 Å². The third-order valence-electron chi connectivity index (χ3n) is 2.98. The highest BCUT2D eigenvalue weighted by Gasteiger charge is 2.07. The van der Waals surface area contributed by atoms with Crippen molar-refractivity contribution in [3.8, 4) is 0 Å². The maximum absolute atomic E-state index is 13.2. The number of anilines is 1. The van der Waals surface area contributed by atoms with Crippen LogP contribution in [0.1, 0.15) is 16.7 Å². The second-order valence-electron chi connectivity index (χ2n) is 4.33. The Hall–Kier alpha value is -1.94. The lowest BCUT2D eigenvalue weighted by Gasteiger charge is -2.12. The molecular formula is C15H15FN2S. The zero-order valence-corrected chi connectivity index (χ0v) is 11.4. The zero-order valence-electron chi connectivity index (χ0n) is 10.6. The van der Waals surface area contributed by atoms with Crippen LogP contribution in [0.3, 0.4) is 0 Å². The van der Waals surface area contributed by atoms with Gasteiger partial charge in [0, 0.05) is 17.8 Å². The molecule has 0 aromatic heterocycles. The Morgan fingerprint density at radius 1 is 1.26 bits per heavy atom. The summed E-state index contributed by atoms with van der Waals surface area (Å²) >= 11 is 4.94. The minimum Gasteiger partial charge on any atom is -0.389 e. The van der Waals surface area contributed by atoms with E-state index in [1.165, 1.54) is 23.3 Å². The summed E-state index contributed by atoms with van der Waals surface area (Å²) in [5.74, 6) is -0.343. The Balaban J connectivity index is 2.20. The van der Waals surface area contributed by atoms with Crippen molar-refractivity contribution in [3.63, 3.8) is 0 Å². The Morgan fingerprint density at radius 3 is 2.68 bits per heavy atom. The highest BCUT2D eigenvalue weighted by Crippen LogP contribution is 2.18. The van der Waals surface area contributed by atoms with Gasteiger partial charge in [-0.3, -0.25) is 0 Å². The topological polar surface area (TPSA) is 38.0 Å². The van der Waals surface area contributed by atoms with E-state index in [0.29, 0.717) is 12.1 Å². The molecule has 3 N–H and O–H groups in total. The maximum atomic E-state index is 13.2. The number of halogens is 1. The number of aryl methyl sites for hydroxylation is 1. The van der Waals surface area contributed by atoms with Crippen molar-refractivity contribution in [1.29, 1.82) is 0 Å². The molecule has 0 aliphatic heterocycles. The van der Waals surface area contributed by atoms with Crippen molar-refractivity contribution in [2.75, 3.05) is 5.32 Å². The summed E-state index contributed by atoms with van der Waals surface area (Å²) in [6.45, 7) is 2.70. The molecule has 0 spiro atoms. The van der Waals surface area contributed by atoms with Gasteiger partial charge in [-0.1, -0.05) is 36.5 Å². The molecule has 0 fully saturated rings. The molecule has 0 aliphatic rings. The van der Waals surface area contributed by atoms with Crippen LogP contribution in [-0.2, 0) is 6.54 Å². The summed E-state index contributed by atoms with van der Waals surface area (Å²) < 4.78 is 13.2. The van der Waals surface area contributed by atoms with Gasteiger partial charge in [0.15, 0.2) is 0 Å². The number of rotatable bonds is 4.